The molecule has 6 heteroatoms. The Morgan fingerprint density at radius 1 is 1.35 bits per heavy atom. The van der Waals surface area contributed by atoms with Crippen LogP contribution in [-0.4, -0.2) is 24.7 Å². The summed E-state index contributed by atoms with van der Waals surface area (Å²) in [5.74, 6) is 1.37. The van der Waals surface area contributed by atoms with E-state index in [-0.39, 0.29) is 12.0 Å². The normalized spacial score (nSPS) is 16.4. The topological polar surface area (TPSA) is 59.6 Å². The zero-order valence-electron chi connectivity index (χ0n) is 15.1. The number of fused-ring (bicyclic) bond motifs is 1. The molecule has 5 nitrogen and oxygen atoms in total. The maximum atomic E-state index is 12.5. The summed E-state index contributed by atoms with van der Waals surface area (Å²) in [6.45, 7) is 6.31. The molecular weight excluding hydrogens is 352 g/mol. The van der Waals surface area contributed by atoms with Gasteiger partial charge in [-0.05, 0) is 39.0 Å². The Morgan fingerprint density at radius 2 is 2.12 bits per heavy atom. The van der Waals surface area contributed by atoms with E-state index in [0.29, 0.717) is 17.3 Å². The van der Waals surface area contributed by atoms with E-state index in [4.69, 9.17) is 21.1 Å². The Balaban J connectivity index is 1.76. The van der Waals surface area contributed by atoms with Crippen LogP contribution >= 0.6 is 11.6 Å². The van der Waals surface area contributed by atoms with Gasteiger partial charge in [0.15, 0.2) is 0 Å². The number of ether oxygens (including phenoxy) is 2. The molecule has 1 amide bonds. The third kappa shape index (κ3) is 4.05. The molecule has 0 spiro atoms. The summed E-state index contributed by atoms with van der Waals surface area (Å²) in [4.78, 5) is 12.5. The summed E-state index contributed by atoms with van der Waals surface area (Å²) in [5.41, 5.74) is 2.45. The van der Waals surface area contributed by atoms with Crippen LogP contribution in [0.1, 0.15) is 26.3 Å². The fourth-order valence-corrected chi connectivity index (χ4v) is 3.11. The fraction of sp³-hybridized carbons (Fsp3) is 0.350. The van der Waals surface area contributed by atoms with E-state index in [9.17, 15) is 4.79 Å². The van der Waals surface area contributed by atoms with Crippen LogP contribution in [0.5, 0.6) is 11.5 Å². The Labute approximate surface area is 158 Å². The summed E-state index contributed by atoms with van der Waals surface area (Å²) in [6, 6.07) is 10.6. The van der Waals surface area contributed by atoms with Gasteiger partial charge in [0.2, 0.25) is 5.91 Å². The quantitative estimate of drug-likeness (QED) is 0.781. The van der Waals surface area contributed by atoms with Crippen LogP contribution in [0.25, 0.3) is 0 Å². The van der Waals surface area contributed by atoms with Gasteiger partial charge < -0.3 is 20.1 Å². The number of carbonyl (C=O) groups is 1. The van der Waals surface area contributed by atoms with Crippen LogP contribution in [0.2, 0.25) is 5.02 Å². The number of anilines is 2. The summed E-state index contributed by atoms with van der Waals surface area (Å²) in [7, 11) is 0. The molecule has 1 aliphatic rings. The number of carbonyl (C=O) groups excluding carboxylic acids is 1. The van der Waals surface area contributed by atoms with Crippen molar-refractivity contribution >= 4 is 28.9 Å². The molecule has 3 rings (SSSR count). The molecule has 2 aromatic rings. The van der Waals surface area contributed by atoms with E-state index < -0.39 is 6.04 Å². The van der Waals surface area contributed by atoms with Crippen LogP contribution in [0.3, 0.4) is 0 Å². The number of hydrogen-bond acceptors (Lipinski definition) is 4. The predicted molar refractivity (Wildman–Crippen MR) is 105 cm³/mol. The van der Waals surface area contributed by atoms with Crippen molar-refractivity contribution in [2.24, 2.45) is 0 Å². The molecule has 0 aliphatic carbocycles. The van der Waals surface area contributed by atoms with E-state index in [0.717, 1.165) is 29.2 Å². The Hall–Kier alpha value is -2.40. The number of amides is 1. The molecule has 2 N–H and O–H groups in total. The van der Waals surface area contributed by atoms with Crippen LogP contribution in [-0.2, 0) is 11.2 Å². The average molecular weight is 375 g/mol. The summed E-state index contributed by atoms with van der Waals surface area (Å²) in [6.07, 6.45) is 1.01. The minimum Gasteiger partial charge on any atom is -0.492 e. The Kier molecular flexibility index (Phi) is 5.57. The van der Waals surface area contributed by atoms with Gasteiger partial charge in [0, 0.05) is 18.1 Å². The van der Waals surface area contributed by atoms with Gasteiger partial charge in [0.25, 0.3) is 0 Å². The minimum absolute atomic E-state index is 0.149. The van der Waals surface area contributed by atoms with Gasteiger partial charge in [0.05, 0.1) is 23.0 Å². The number of benzene rings is 2. The largest absolute Gasteiger partial charge is 0.492 e. The van der Waals surface area contributed by atoms with Crippen molar-refractivity contribution < 1.29 is 14.3 Å². The molecule has 0 fully saturated rings. The third-order valence-corrected chi connectivity index (χ3v) is 4.52. The fourth-order valence-electron chi connectivity index (χ4n) is 2.93. The van der Waals surface area contributed by atoms with Crippen LogP contribution in [0, 0.1) is 0 Å². The molecule has 1 heterocycles. The maximum absolute atomic E-state index is 12.5. The lowest BCUT2D eigenvalue weighted by atomic mass is 10.1. The van der Waals surface area contributed by atoms with Crippen molar-refractivity contribution in [2.75, 3.05) is 17.2 Å². The Bertz CT molecular complexity index is 810. The molecule has 1 aliphatic heterocycles. The highest BCUT2D eigenvalue weighted by molar-refractivity contribution is 6.33. The number of rotatable bonds is 6. The van der Waals surface area contributed by atoms with Gasteiger partial charge in [-0.1, -0.05) is 23.7 Å². The van der Waals surface area contributed by atoms with Crippen molar-refractivity contribution in [2.45, 2.75) is 39.3 Å². The van der Waals surface area contributed by atoms with E-state index in [1.807, 2.05) is 38.1 Å². The standard InChI is InChI=1S/C20H23ClN2O3/c1-4-25-19-10-14-9-12(2)26-18(14)11-17(19)22-13(3)20(24)23-16-8-6-5-7-15(16)21/h5-8,10-13,22H,4,9H2,1-3H3,(H,23,24)/t12-,13-/m1/s1. The average Bonchev–Trinajstić information content (AvgIpc) is 2.96. The zero-order valence-corrected chi connectivity index (χ0v) is 15.9. The number of hydrogen-bond donors (Lipinski definition) is 2. The van der Waals surface area contributed by atoms with Crippen LogP contribution in [0.15, 0.2) is 36.4 Å². The molecule has 2 aromatic carbocycles. The molecule has 0 radical (unpaired) electrons. The second kappa shape index (κ2) is 7.87. The molecule has 0 unspecified atom stereocenters. The molecular formula is C20H23ClN2O3. The molecule has 2 atom stereocenters. The summed E-state index contributed by atoms with van der Waals surface area (Å²) < 4.78 is 11.6. The van der Waals surface area contributed by atoms with Crippen molar-refractivity contribution in [1.82, 2.24) is 0 Å². The molecule has 0 saturated heterocycles. The van der Waals surface area contributed by atoms with Gasteiger partial charge in [-0.25, -0.2) is 0 Å². The number of para-hydroxylation sites is 1. The third-order valence-electron chi connectivity index (χ3n) is 4.20. The number of nitrogens with one attached hydrogen (secondary N) is 2. The smallest absolute Gasteiger partial charge is 0.246 e. The highest BCUT2D eigenvalue weighted by Gasteiger charge is 2.23. The van der Waals surface area contributed by atoms with Crippen LogP contribution in [0.4, 0.5) is 11.4 Å². The SMILES string of the molecule is CCOc1cc2c(cc1N[C@H](C)C(=O)Nc1ccccc1Cl)O[C@H](C)C2. The first-order chi connectivity index (χ1) is 12.5. The summed E-state index contributed by atoms with van der Waals surface area (Å²) in [5, 5.41) is 6.56. The molecule has 26 heavy (non-hydrogen) atoms. The van der Waals surface area contributed by atoms with Gasteiger partial charge >= 0.3 is 0 Å². The van der Waals surface area contributed by atoms with Crippen molar-refractivity contribution in [3.63, 3.8) is 0 Å². The van der Waals surface area contributed by atoms with Gasteiger partial charge in [-0.2, -0.15) is 0 Å². The first-order valence-corrected chi connectivity index (χ1v) is 9.14. The second-order valence-corrected chi connectivity index (χ2v) is 6.76. The predicted octanol–water partition coefficient (Wildman–Crippen LogP) is 4.50. The Morgan fingerprint density at radius 3 is 2.85 bits per heavy atom. The van der Waals surface area contributed by atoms with Gasteiger partial charge in [-0.15, -0.1) is 0 Å². The highest BCUT2D eigenvalue weighted by Crippen LogP contribution is 2.38. The van der Waals surface area contributed by atoms with Gasteiger partial charge in [0.1, 0.15) is 23.6 Å². The lowest BCUT2D eigenvalue weighted by Crippen LogP contribution is -2.32. The molecule has 138 valence electrons. The minimum atomic E-state index is -0.484. The number of halogens is 1. The second-order valence-electron chi connectivity index (χ2n) is 6.36. The molecule has 0 saturated carbocycles. The molecule has 0 aromatic heterocycles. The van der Waals surface area contributed by atoms with E-state index >= 15 is 0 Å². The maximum Gasteiger partial charge on any atom is 0.246 e. The van der Waals surface area contributed by atoms with Crippen molar-refractivity contribution in [3.8, 4) is 11.5 Å². The zero-order chi connectivity index (χ0) is 18.7. The van der Waals surface area contributed by atoms with E-state index in [1.165, 1.54) is 0 Å². The van der Waals surface area contributed by atoms with E-state index in [1.54, 1.807) is 19.1 Å². The first-order valence-electron chi connectivity index (χ1n) is 8.76. The van der Waals surface area contributed by atoms with Crippen molar-refractivity contribution in [1.29, 1.82) is 0 Å². The molecule has 0 bridgehead atoms. The van der Waals surface area contributed by atoms with E-state index in [2.05, 4.69) is 10.6 Å². The first kappa shape index (κ1) is 18.4. The van der Waals surface area contributed by atoms with Gasteiger partial charge in [-0.3, -0.25) is 4.79 Å². The van der Waals surface area contributed by atoms with Crippen LogP contribution < -0.4 is 20.1 Å². The lowest BCUT2D eigenvalue weighted by Gasteiger charge is -2.19. The lowest BCUT2D eigenvalue weighted by molar-refractivity contribution is -0.116. The highest BCUT2D eigenvalue weighted by atomic mass is 35.5. The van der Waals surface area contributed by atoms with Crippen molar-refractivity contribution in [3.05, 3.63) is 47.0 Å². The monoisotopic (exact) mass is 374 g/mol. The summed E-state index contributed by atoms with van der Waals surface area (Å²) >= 11 is 6.11.